The molecule has 25 heavy (non-hydrogen) atoms. The summed E-state index contributed by atoms with van der Waals surface area (Å²) in [5.41, 5.74) is 1.89. The number of Topliss-reactive ketones (excluding diaryl/α,β-unsaturated/α-hetero) is 1. The first kappa shape index (κ1) is 16.3. The molecule has 0 spiro atoms. The summed E-state index contributed by atoms with van der Waals surface area (Å²) in [4.78, 5) is 34.3. The van der Waals surface area contributed by atoms with Crippen LogP contribution < -0.4 is 10.5 Å². The van der Waals surface area contributed by atoms with E-state index >= 15 is 0 Å². The maximum atomic E-state index is 12.9. The van der Waals surface area contributed by atoms with Crippen molar-refractivity contribution in [1.29, 1.82) is 0 Å². The van der Waals surface area contributed by atoms with E-state index in [4.69, 9.17) is 4.98 Å². The maximum Gasteiger partial charge on any atom is 0.262 e. The molecule has 2 unspecified atom stereocenters. The van der Waals surface area contributed by atoms with Crippen LogP contribution in [0.25, 0.3) is 10.9 Å². The second kappa shape index (κ2) is 5.66. The molecule has 1 aromatic heterocycles. The second-order valence-corrected chi connectivity index (χ2v) is 7.69. The van der Waals surface area contributed by atoms with Gasteiger partial charge in [0, 0.05) is 38.8 Å². The van der Waals surface area contributed by atoms with E-state index in [-0.39, 0.29) is 11.3 Å². The largest absolute Gasteiger partial charge is 0.341 e. The summed E-state index contributed by atoms with van der Waals surface area (Å²) in [6, 6.07) is 3.66. The lowest BCUT2D eigenvalue weighted by atomic mass is 10.0. The Morgan fingerprint density at radius 2 is 1.76 bits per heavy atom. The molecule has 0 saturated carbocycles. The van der Waals surface area contributed by atoms with Crippen molar-refractivity contribution in [3.8, 4) is 0 Å². The van der Waals surface area contributed by atoms with Gasteiger partial charge in [0.15, 0.2) is 5.78 Å². The Morgan fingerprint density at radius 3 is 2.36 bits per heavy atom. The maximum absolute atomic E-state index is 12.9. The van der Waals surface area contributed by atoms with Crippen LogP contribution in [0.1, 0.15) is 22.8 Å². The Kier molecular flexibility index (Phi) is 3.68. The average Bonchev–Trinajstić information content (AvgIpc) is 3.07. The van der Waals surface area contributed by atoms with E-state index in [1.807, 2.05) is 19.1 Å². The highest BCUT2D eigenvalue weighted by Crippen LogP contribution is 2.32. The summed E-state index contributed by atoms with van der Waals surface area (Å²) in [5.74, 6) is 1.88. The average molecular weight is 340 g/mol. The van der Waals surface area contributed by atoms with Gasteiger partial charge in [0.2, 0.25) is 5.95 Å². The minimum Gasteiger partial charge on any atom is -0.341 e. The molecule has 2 fully saturated rings. The van der Waals surface area contributed by atoms with Crippen molar-refractivity contribution in [2.24, 2.45) is 18.9 Å². The quantitative estimate of drug-likeness (QED) is 0.775. The van der Waals surface area contributed by atoms with Crippen molar-refractivity contribution < 1.29 is 4.79 Å². The molecule has 6 nitrogen and oxygen atoms in total. The van der Waals surface area contributed by atoms with E-state index in [0.717, 1.165) is 31.7 Å². The Labute approximate surface area is 147 Å². The summed E-state index contributed by atoms with van der Waals surface area (Å²) >= 11 is 0. The van der Waals surface area contributed by atoms with Gasteiger partial charge in [-0.3, -0.25) is 14.2 Å². The molecule has 1 aromatic carbocycles. The van der Waals surface area contributed by atoms with Gasteiger partial charge in [-0.2, -0.15) is 0 Å². The minimum atomic E-state index is -0.0830. The zero-order valence-corrected chi connectivity index (χ0v) is 15.2. The molecule has 132 valence electrons. The number of carbonyl (C=O) groups is 1. The smallest absolute Gasteiger partial charge is 0.262 e. The number of aryl methyl sites for hydroxylation is 1. The number of carbonyl (C=O) groups excluding carboxylic acids is 1. The van der Waals surface area contributed by atoms with Crippen molar-refractivity contribution in [3.05, 3.63) is 33.6 Å². The lowest BCUT2D eigenvalue weighted by molar-refractivity contribution is 0.101. The number of likely N-dealkylation sites (tertiary alicyclic amines) is 1. The van der Waals surface area contributed by atoms with E-state index in [1.54, 1.807) is 11.6 Å². The molecular formula is C19H24N4O2. The molecule has 4 rings (SSSR count). The highest BCUT2D eigenvalue weighted by atomic mass is 16.1. The molecule has 2 saturated heterocycles. The number of benzene rings is 1. The van der Waals surface area contributed by atoms with Crippen LogP contribution in [0.4, 0.5) is 5.95 Å². The van der Waals surface area contributed by atoms with Crippen LogP contribution >= 0.6 is 0 Å². The minimum absolute atomic E-state index is 0.0553. The van der Waals surface area contributed by atoms with Crippen molar-refractivity contribution in [1.82, 2.24) is 14.5 Å². The molecule has 2 aliphatic rings. The van der Waals surface area contributed by atoms with E-state index in [0.29, 0.717) is 34.3 Å². The predicted molar refractivity (Wildman–Crippen MR) is 98.4 cm³/mol. The first-order valence-corrected chi connectivity index (χ1v) is 8.81. The van der Waals surface area contributed by atoms with Crippen molar-refractivity contribution in [2.45, 2.75) is 13.8 Å². The molecule has 0 bridgehead atoms. The number of anilines is 1. The fourth-order valence-corrected chi connectivity index (χ4v) is 4.45. The zero-order valence-electron chi connectivity index (χ0n) is 15.2. The highest BCUT2D eigenvalue weighted by molar-refractivity contribution is 6.05. The molecule has 2 aliphatic heterocycles. The second-order valence-electron chi connectivity index (χ2n) is 7.69. The third-order valence-corrected chi connectivity index (χ3v) is 5.63. The van der Waals surface area contributed by atoms with Crippen molar-refractivity contribution in [2.75, 3.05) is 38.1 Å². The van der Waals surface area contributed by atoms with Crippen LogP contribution in [0, 0.1) is 18.8 Å². The van der Waals surface area contributed by atoms with Crippen molar-refractivity contribution >= 4 is 22.6 Å². The predicted octanol–water partition coefficient (Wildman–Crippen LogP) is 1.44. The van der Waals surface area contributed by atoms with Crippen LogP contribution in [-0.2, 0) is 7.05 Å². The topological polar surface area (TPSA) is 58.4 Å². The van der Waals surface area contributed by atoms with Gasteiger partial charge in [0.05, 0.1) is 10.9 Å². The molecule has 2 aromatic rings. The zero-order chi connectivity index (χ0) is 17.9. The fraction of sp³-hybridized carbons (Fsp3) is 0.526. The SMILES string of the molecule is CC(=O)c1cc(C)cc2c(=O)n(C)c(N3CC4CN(C)CC4C3)nc12. The Bertz CT molecular complexity index is 919. The third kappa shape index (κ3) is 2.56. The Hall–Kier alpha value is -2.21. The van der Waals surface area contributed by atoms with E-state index < -0.39 is 0 Å². The number of fused-ring (bicyclic) bond motifs is 2. The van der Waals surface area contributed by atoms with Gasteiger partial charge in [-0.25, -0.2) is 4.98 Å². The van der Waals surface area contributed by atoms with Crippen molar-refractivity contribution in [3.63, 3.8) is 0 Å². The lowest BCUT2D eigenvalue weighted by Crippen LogP contribution is -2.33. The van der Waals surface area contributed by atoms with Crippen LogP contribution in [0.5, 0.6) is 0 Å². The van der Waals surface area contributed by atoms with Gasteiger partial charge in [-0.05, 0) is 50.4 Å². The van der Waals surface area contributed by atoms with Crippen LogP contribution in [0.3, 0.4) is 0 Å². The fourth-order valence-electron chi connectivity index (χ4n) is 4.45. The lowest BCUT2D eigenvalue weighted by Gasteiger charge is -2.23. The number of aromatic nitrogens is 2. The molecule has 2 atom stereocenters. The Balaban J connectivity index is 1.84. The van der Waals surface area contributed by atoms with Gasteiger partial charge in [0.25, 0.3) is 5.56 Å². The Morgan fingerprint density at radius 1 is 1.12 bits per heavy atom. The summed E-state index contributed by atoms with van der Waals surface area (Å²) in [6.45, 7) is 7.46. The standard InChI is InChI=1S/C19H24N4O2/c1-11-5-15(12(2)24)17-16(6-11)18(25)22(4)19(20-17)23-9-13-7-21(3)8-14(13)10-23/h5-6,13-14H,7-10H2,1-4H3. The highest BCUT2D eigenvalue weighted by Gasteiger charge is 2.39. The normalized spacial score (nSPS) is 23.4. The molecule has 0 radical (unpaired) electrons. The van der Waals surface area contributed by atoms with Crippen LogP contribution in [0.2, 0.25) is 0 Å². The van der Waals surface area contributed by atoms with Gasteiger partial charge >= 0.3 is 0 Å². The summed E-state index contributed by atoms with van der Waals surface area (Å²) in [6.07, 6.45) is 0. The van der Waals surface area contributed by atoms with E-state index in [9.17, 15) is 9.59 Å². The number of hydrogen-bond donors (Lipinski definition) is 0. The van der Waals surface area contributed by atoms with Gasteiger partial charge < -0.3 is 9.80 Å². The van der Waals surface area contributed by atoms with E-state index in [2.05, 4.69) is 16.8 Å². The summed E-state index contributed by atoms with van der Waals surface area (Å²) in [7, 11) is 3.94. The molecule has 3 heterocycles. The first-order valence-electron chi connectivity index (χ1n) is 8.81. The van der Waals surface area contributed by atoms with Gasteiger partial charge in [-0.15, -0.1) is 0 Å². The molecule has 0 aliphatic carbocycles. The van der Waals surface area contributed by atoms with Gasteiger partial charge in [0.1, 0.15) is 0 Å². The number of hydrogen-bond acceptors (Lipinski definition) is 5. The van der Waals surface area contributed by atoms with E-state index in [1.165, 1.54) is 6.92 Å². The number of ketones is 1. The third-order valence-electron chi connectivity index (χ3n) is 5.63. The summed E-state index contributed by atoms with van der Waals surface area (Å²) < 4.78 is 1.64. The number of nitrogens with zero attached hydrogens (tertiary/aromatic N) is 4. The molecule has 6 heteroatoms. The summed E-state index contributed by atoms with van der Waals surface area (Å²) in [5, 5.41) is 0.524. The van der Waals surface area contributed by atoms with Gasteiger partial charge in [-0.1, -0.05) is 0 Å². The van der Waals surface area contributed by atoms with Crippen LogP contribution in [0.15, 0.2) is 16.9 Å². The monoisotopic (exact) mass is 340 g/mol. The molecular weight excluding hydrogens is 316 g/mol. The first-order chi connectivity index (χ1) is 11.8. The van der Waals surface area contributed by atoms with Crippen LogP contribution in [-0.4, -0.2) is 53.5 Å². The molecule has 0 N–H and O–H groups in total. The molecule has 0 amide bonds. The number of rotatable bonds is 2.